The van der Waals surface area contributed by atoms with E-state index >= 15 is 0 Å². The molecule has 0 aliphatic heterocycles. The number of thiazole rings is 1. The summed E-state index contributed by atoms with van der Waals surface area (Å²) in [7, 11) is 0. The Bertz CT molecular complexity index is 1460. The van der Waals surface area contributed by atoms with Gasteiger partial charge >= 0.3 is 0 Å². The molecule has 0 radical (unpaired) electrons. The quantitative estimate of drug-likeness (QED) is 0.279. The third-order valence-electron chi connectivity index (χ3n) is 5.33. The first-order chi connectivity index (χ1) is 17.0. The molecule has 6 nitrogen and oxygen atoms in total. The van der Waals surface area contributed by atoms with Crippen molar-refractivity contribution in [1.82, 2.24) is 15.0 Å². The lowest BCUT2D eigenvalue weighted by Crippen LogP contribution is -2.12. The third kappa shape index (κ3) is 5.42. The van der Waals surface area contributed by atoms with E-state index in [1.165, 1.54) is 0 Å². The van der Waals surface area contributed by atoms with E-state index < -0.39 is 0 Å². The van der Waals surface area contributed by atoms with Crippen molar-refractivity contribution in [1.29, 1.82) is 0 Å². The number of carbonyl (C=O) groups is 1. The summed E-state index contributed by atoms with van der Waals surface area (Å²) in [5.74, 6) is 0.316. The lowest BCUT2D eigenvalue weighted by Gasteiger charge is -2.09. The molecule has 172 valence electrons. The van der Waals surface area contributed by atoms with Crippen LogP contribution in [-0.4, -0.2) is 20.9 Å². The highest BCUT2D eigenvalue weighted by Gasteiger charge is 2.10. The van der Waals surface area contributed by atoms with Crippen molar-refractivity contribution in [2.75, 3.05) is 10.6 Å². The normalized spacial score (nSPS) is 10.7. The fraction of sp³-hybridized carbons (Fsp3) is 0.0714. The van der Waals surface area contributed by atoms with E-state index in [4.69, 9.17) is 4.98 Å². The first-order valence-electron chi connectivity index (χ1n) is 11.2. The van der Waals surface area contributed by atoms with Crippen LogP contribution in [0.2, 0.25) is 0 Å². The molecule has 2 N–H and O–H groups in total. The van der Waals surface area contributed by atoms with Crippen molar-refractivity contribution < 1.29 is 4.79 Å². The van der Waals surface area contributed by atoms with E-state index in [-0.39, 0.29) is 5.91 Å². The van der Waals surface area contributed by atoms with Gasteiger partial charge in [0, 0.05) is 44.8 Å². The van der Waals surface area contributed by atoms with E-state index in [9.17, 15) is 4.79 Å². The number of rotatable bonds is 6. The van der Waals surface area contributed by atoms with Crippen molar-refractivity contribution in [2.45, 2.75) is 13.8 Å². The average Bonchev–Trinajstić information content (AvgIpc) is 3.35. The van der Waals surface area contributed by atoms with Crippen molar-refractivity contribution >= 4 is 34.6 Å². The Morgan fingerprint density at radius 2 is 1.49 bits per heavy atom. The summed E-state index contributed by atoms with van der Waals surface area (Å²) < 4.78 is 0. The van der Waals surface area contributed by atoms with Crippen LogP contribution in [0.15, 0.2) is 90.3 Å². The molecular weight excluding hydrogens is 454 g/mol. The molecule has 0 spiro atoms. The van der Waals surface area contributed by atoms with E-state index in [2.05, 4.69) is 32.7 Å². The highest BCUT2D eigenvalue weighted by atomic mass is 32.1. The summed E-state index contributed by atoms with van der Waals surface area (Å²) in [6.45, 7) is 3.84. The van der Waals surface area contributed by atoms with Gasteiger partial charge in [-0.15, -0.1) is 11.3 Å². The van der Waals surface area contributed by atoms with Crippen LogP contribution >= 0.6 is 11.3 Å². The highest BCUT2D eigenvalue weighted by Crippen LogP contribution is 2.29. The van der Waals surface area contributed by atoms with Gasteiger partial charge in [0.1, 0.15) is 5.01 Å². The monoisotopic (exact) mass is 477 g/mol. The predicted octanol–water partition coefficient (Wildman–Crippen LogP) is 6.88. The van der Waals surface area contributed by atoms with E-state index in [0.29, 0.717) is 17.2 Å². The van der Waals surface area contributed by atoms with Gasteiger partial charge in [-0.25, -0.2) is 15.0 Å². The minimum Gasteiger partial charge on any atom is -0.324 e. The molecule has 5 rings (SSSR count). The molecule has 0 aliphatic carbocycles. The molecule has 0 aliphatic rings. The van der Waals surface area contributed by atoms with Crippen LogP contribution in [0.3, 0.4) is 0 Å². The second-order valence-electron chi connectivity index (χ2n) is 8.12. The molecule has 1 amide bonds. The zero-order valence-corrected chi connectivity index (χ0v) is 20.1. The molecule has 2 heterocycles. The average molecular weight is 478 g/mol. The predicted molar refractivity (Wildman–Crippen MR) is 142 cm³/mol. The highest BCUT2D eigenvalue weighted by molar-refractivity contribution is 7.13. The van der Waals surface area contributed by atoms with Crippen LogP contribution < -0.4 is 10.6 Å². The van der Waals surface area contributed by atoms with Crippen LogP contribution in [0.25, 0.3) is 21.8 Å². The first kappa shape index (κ1) is 22.4. The van der Waals surface area contributed by atoms with Gasteiger partial charge in [-0.05, 0) is 50.2 Å². The Labute approximate surface area is 207 Å². The maximum Gasteiger partial charge on any atom is 0.255 e. The Balaban J connectivity index is 1.27. The zero-order chi connectivity index (χ0) is 24.2. The third-order valence-corrected chi connectivity index (χ3v) is 6.22. The fourth-order valence-corrected chi connectivity index (χ4v) is 4.53. The maximum atomic E-state index is 12.9. The molecule has 0 saturated heterocycles. The number of benzene rings is 3. The van der Waals surface area contributed by atoms with Gasteiger partial charge in [-0.1, -0.05) is 48.5 Å². The number of nitrogens with one attached hydrogen (secondary N) is 2. The number of hydrogen-bond acceptors (Lipinski definition) is 6. The maximum absolute atomic E-state index is 12.9. The number of carbonyl (C=O) groups excluding carboxylic acids is 1. The van der Waals surface area contributed by atoms with Gasteiger partial charge in [-0.3, -0.25) is 4.79 Å². The second-order valence-corrected chi connectivity index (χ2v) is 8.97. The molecule has 3 aromatic carbocycles. The molecule has 0 saturated carbocycles. The molecule has 7 heteroatoms. The van der Waals surface area contributed by atoms with Crippen LogP contribution in [0, 0.1) is 13.8 Å². The van der Waals surface area contributed by atoms with Crippen LogP contribution in [-0.2, 0) is 0 Å². The summed E-state index contributed by atoms with van der Waals surface area (Å²) in [5.41, 5.74) is 6.78. The standard InChI is InChI=1S/C28H23N5OS/c1-18-15-19(2)30-28(29-18)32-24-10-6-9-22(16-24)26(34)31-23-13-11-20(12-14-23)25-17-35-27(33-25)21-7-4-3-5-8-21/h3-17H,1-2H3,(H,31,34)(H,29,30,32). The molecule has 35 heavy (non-hydrogen) atoms. The summed E-state index contributed by atoms with van der Waals surface area (Å²) in [5, 5.41) is 9.17. The molecule has 5 aromatic rings. The Morgan fingerprint density at radius 1 is 0.743 bits per heavy atom. The van der Waals surface area contributed by atoms with Crippen molar-refractivity contribution in [2.24, 2.45) is 0 Å². The van der Waals surface area contributed by atoms with Gasteiger partial charge in [0.05, 0.1) is 5.69 Å². The molecule has 0 unspecified atom stereocenters. The van der Waals surface area contributed by atoms with Crippen LogP contribution in [0.1, 0.15) is 21.7 Å². The molecule has 2 aromatic heterocycles. The second kappa shape index (κ2) is 9.87. The minimum atomic E-state index is -0.192. The smallest absolute Gasteiger partial charge is 0.255 e. The Kier molecular flexibility index (Phi) is 6.32. The van der Waals surface area contributed by atoms with Crippen LogP contribution in [0.5, 0.6) is 0 Å². The minimum absolute atomic E-state index is 0.192. The van der Waals surface area contributed by atoms with Gasteiger partial charge in [0.2, 0.25) is 5.95 Å². The SMILES string of the molecule is Cc1cc(C)nc(Nc2cccc(C(=O)Nc3ccc(-c4csc(-c5ccccc5)n4)cc3)c2)n1. The summed E-state index contributed by atoms with van der Waals surface area (Å²) in [6, 6.07) is 27.0. The van der Waals surface area contributed by atoms with Crippen molar-refractivity contribution in [3.8, 4) is 21.8 Å². The zero-order valence-electron chi connectivity index (χ0n) is 19.3. The number of hydrogen-bond donors (Lipinski definition) is 2. The Hall–Kier alpha value is -4.36. The van der Waals surface area contributed by atoms with E-state index in [1.54, 1.807) is 23.5 Å². The van der Waals surface area contributed by atoms with Crippen LogP contribution in [0.4, 0.5) is 17.3 Å². The molecular formula is C28H23N5OS. The molecule has 0 atom stereocenters. The summed E-state index contributed by atoms with van der Waals surface area (Å²) in [4.78, 5) is 26.4. The first-order valence-corrected chi connectivity index (χ1v) is 12.0. The van der Waals surface area contributed by atoms with Gasteiger partial charge in [-0.2, -0.15) is 0 Å². The number of nitrogens with zero attached hydrogens (tertiary/aromatic N) is 3. The lowest BCUT2D eigenvalue weighted by molar-refractivity contribution is 0.102. The van der Waals surface area contributed by atoms with Crippen molar-refractivity contribution in [3.63, 3.8) is 0 Å². The summed E-state index contributed by atoms with van der Waals surface area (Å²) in [6.07, 6.45) is 0. The number of anilines is 3. The van der Waals surface area contributed by atoms with Gasteiger partial charge in [0.15, 0.2) is 0 Å². The van der Waals surface area contributed by atoms with Gasteiger partial charge < -0.3 is 10.6 Å². The lowest BCUT2D eigenvalue weighted by atomic mass is 10.1. The van der Waals surface area contributed by atoms with E-state index in [1.807, 2.05) is 79.9 Å². The number of amides is 1. The Morgan fingerprint density at radius 3 is 2.23 bits per heavy atom. The molecule has 0 fully saturated rings. The summed E-state index contributed by atoms with van der Waals surface area (Å²) >= 11 is 1.62. The van der Waals surface area contributed by atoms with Crippen molar-refractivity contribution in [3.05, 3.63) is 107 Å². The number of aryl methyl sites for hydroxylation is 2. The number of aromatic nitrogens is 3. The van der Waals surface area contributed by atoms with Gasteiger partial charge in [0.25, 0.3) is 5.91 Å². The topological polar surface area (TPSA) is 79.8 Å². The van der Waals surface area contributed by atoms with E-state index in [0.717, 1.165) is 38.9 Å². The molecule has 0 bridgehead atoms. The fourth-order valence-electron chi connectivity index (χ4n) is 3.70. The largest absolute Gasteiger partial charge is 0.324 e.